The van der Waals surface area contributed by atoms with Crippen LogP contribution in [-0.2, 0) is 19.5 Å². The predicted octanol–water partition coefficient (Wildman–Crippen LogP) is 7.38. The van der Waals surface area contributed by atoms with Gasteiger partial charge in [-0.2, -0.15) is 0 Å². The Bertz CT molecular complexity index is 161. The topological polar surface area (TPSA) is 0 Å². The first-order valence-electron chi connectivity index (χ1n) is 8.48. The molecule has 0 aliphatic carbocycles. The number of hydrogen-bond acceptors (Lipinski definition) is 0. The van der Waals surface area contributed by atoms with Gasteiger partial charge in [0, 0.05) is 19.5 Å². The quantitative estimate of drug-likeness (QED) is 0.310. The third-order valence-electron chi connectivity index (χ3n) is 3.58. The van der Waals surface area contributed by atoms with Gasteiger partial charge in [0.15, 0.2) is 0 Å². The molecule has 0 amide bonds. The minimum atomic E-state index is 0. The third kappa shape index (κ3) is 12.6. The number of rotatable bonds is 6. The van der Waals surface area contributed by atoms with E-state index in [0.717, 1.165) is 34.0 Å². The van der Waals surface area contributed by atoms with Gasteiger partial charge in [0.1, 0.15) is 0 Å². The van der Waals surface area contributed by atoms with E-state index in [0.29, 0.717) is 0 Å². The van der Waals surface area contributed by atoms with Crippen molar-refractivity contribution in [3.05, 3.63) is 0 Å². The van der Waals surface area contributed by atoms with Crippen molar-refractivity contribution in [2.75, 3.05) is 0 Å². The Labute approximate surface area is 152 Å². The molecule has 0 nitrogen and oxygen atoms in total. The molecule has 0 saturated heterocycles. The maximum Gasteiger partial charge on any atom is 0 e. The average Bonchev–Trinajstić information content (AvgIpc) is 2.12. The molecule has 0 bridgehead atoms. The first-order chi connectivity index (χ1) is 8.93. The van der Waals surface area contributed by atoms with E-state index in [4.69, 9.17) is 0 Å². The van der Waals surface area contributed by atoms with Crippen LogP contribution in [0, 0.1) is 0 Å². The van der Waals surface area contributed by atoms with Gasteiger partial charge in [-0.05, 0) is 34.0 Å². The van der Waals surface area contributed by atoms with Crippen molar-refractivity contribution in [3.8, 4) is 0 Å². The van der Waals surface area contributed by atoms with Gasteiger partial charge in [0.2, 0.25) is 0 Å². The minimum Gasteiger partial charge on any atom is -0.0988 e. The van der Waals surface area contributed by atoms with Crippen molar-refractivity contribution in [3.63, 3.8) is 0 Å². The van der Waals surface area contributed by atoms with Crippen molar-refractivity contribution in [1.82, 2.24) is 0 Å². The van der Waals surface area contributed by atoms with Gasteiger partial charge in [0.25, 0.3) is 0 Å². The molecule has 0 aromatic rings. The Morgan fingerprint density at radius 3 is 0.429 bits per heavy atom. The summed E-state index contributed by atoms with van der Waals surface area (Å²) in [6, 6.07) is 0. The molecular weight excluding hydrogens is 379 g/mol. The zero-order chi connectivity index (χ0) is 16.6. The summed E-state index contributed by atoms with van der Waals surface area (Å²) in [5.74, 6) is 0. The van der Waals surface area contributed by atoms with Crippen LogP contribution in [0.2, 0.25) is 0 Å². The zero-order valence-electron chi connectivity index (χ0n) is 16.7. The van der Waals surface area contributed by atoms with Crippen LogP contribution in [0.4, 0.5) is 0 Å². The van der Waals surface area contributed by atoms with Crippen molar-refractivity contribution in [1.29, 1.82) is 0 Å². The summed E-state index contributed by atoms with van der Waals surface area (Å²) in [7, 11) is 0.525. The van der Waals surface area contributed by atoms with Crippen LogP contribution in [0.5, 0.6) is 0 Å². The van der Waals surface area contributed by atoms with E-state index >= 15 is 0 Å². The Morgan fingerprint density at radius 1 is 0.333 bits per heavy atom. The summed E-state index contributed by atoms with van der Waals surface area (Å²) in [5, 5.41) is 0. The standard InChI is InChI=1S/2C9H21P.Ru/c2*1-7(2)10(8(3)4)9(5)6;/h2*7-9H,1-6H3;. The molecule has 0 aromatic carbocycles. The average molecular weight is 422 g/mol. The second-order valence-corrected chi connectivity index (χ2v) is 15.4. The molecular formula is C18H42P2Ru. The van der Waals surface area contributed by atoms with Gasteiger partial charge in [-0.3, -0.25) is 0 Å². The molecule has 132 valence electrons. The Kier molecular flexibility index (Phi) is 18.1. The fourth-order valence-electron chi connectivity index (χ4n) is 3.58. The van der Waals surface area contributed by atoms with E-state index in [1.807, 2.05) is 0 Å². The minimum absolute atomic E-state index is 0. The van der Waals surface area contributed by atoms with Crippen molar-refractivity contribution in [2.45, 2.75) is 117 Å². The summed E-state index contributed by atoms with van der Waals surface area (Å²) in [5.41, 5.74) is 5.39. The Balaban J connectivity index is -0.000000295. The molecule has 0 saturated carbocycles. The van der Waals surface area contributed by atoms with Crippen molar-refractivity contribution >= 4 is 15.8 Å². The maximum atomic E-state index is 2.35. The largest absolute Gasteiger partial charge is 0.0988 e. The number of hydrogen-bond donors (Lipinski definition) is 0. The van der Waals surface area contributed by atoms with Gasteiger partial charge >= 0.3 is 0 Å². The Morgan fingerprint density at radius 2 is 0.429 bits per heavy atom. The molecule has 0 aliphatic heterocycles. The van der Waals surface area contributed by atoms with E-state index in [-0.39, 0.29) is 35.3 Å². The smallest absolute Gasteiger partial charge is 0 e. The molecule has 0 N–H and O–H groups in total. The second-order valence-electron chi connectivity index (χ2n) is 7.46. The summed E-state index contributed by atoms with van der Waals surface area (Å²) >= 11 is 0. The molecule has 0 heterocycles. The van der Waals surface area contributed by atoms with E-state index in [1.54, 1.807) is 0 Å². The summed E-state index contributed by atoms with van der Waals surface area (Å²) in [4.78, 5) is 0. The summed E-state index contributed by atoms with van der Waals surface area (Å²) in [6.07, 6.45) is 0. The van der Waals surface area contributed by atoms with Crippen molar-refractivity contribution in [2.24, 2.45) is 0 Å². The second kappa shape index (κ2) is 13.9. The van der Waals surface area contributed by atoms with Gasteiger partial charge < -0.3 is 0 Å². The van der Waals surface area contributed by atoms with Gasteiger partial charge in [-0.1, -0.05) is 98.9 Å². The summed E-state index contributed by atoms with van der Waals surface area (Å²) in [6.45, 7) is 28.2. The van der Waals surface area contributed by atoms with E-state index in [2.05, 4.69) is 83.1 Å². The molecule has 0 rings (SSSR count). The van der Waals surface area contributed by atoms with Crippen LogP contribution < -0.4 is 0 Å². The van der Waals surface area contributed by atoms with Gasteiger partial charge in [0.05, 0.1) is 0 Å². The molecule has 3 heteroatoms. The molecule has 0 fully saturated rings. The first kappa shape index (κ1) is 27.3. The van der Waals surface area contributed by atoms with E-state index < -0.39 is 0 Å². The first-order valence-corrected chi connectivity index (χ1v) is 11.6. The molecule has 0 atom stereocenters. The third-order valence-corrected chi connectivity index (χ3v) is 10.7. The SMILES string of the molecule is CC(C)P(C(C)C)C(C)C.CC(C)P(C(C)C)C(C)C.[Ru]. The van der Waals surface area contributed by atoms with Crippen molar-refractivity contribution < 1.29 is 19.5 Å². The van der Waals surface area contributed by atoms with Crippen LogP contribution >= 0.6 is 15.8 Å². The molecule has 0 unspecified atom stereocenters. The van der Waals surface area contributed by atoms with Gasteiger partial charge in [-0.15, -0.1) is 0 Å². The van der Waals surface area contributed by atoms with Crippen LogP contribution in [0.15, 0.2) is 0 Å². The molecule has 21 heavy (non-hydrogen) atoms. The molecule has 0 aromatic heterocycles. The fraction of sp³-hybridized carbons (Fsp3) is 1.00. The van der Waals surface area contributed by atoms with E-state index in [1.165, 1.54) is 0 Å². The molecule has 0 radical (unpaired) electrons. The van der Waals surface area contributed by atoms with Crippen LogP contribution in [0.25, 0.3) is 0 Å². The molecule has 0 spiro atoms. The summed E-state index contributed by atoms with van der Waals surface area (Å²) < 4.78 is 0. The zero-order valence-corrected chi connectivity index (χ0v) is 20.2. The monoisotopic (exact) mass is 422 g/mol. The Hall–Kier alpha value is 1.48. The van der Waals surface area contributed by atoms with Gasteiger partial charge in [-0.25, -0.2) is 0 Å². The fourth-order valence-corrected chi connectivity index (χ4v) is 10.7. The molecule has 0 aliphatic rings. The van der Waals surface area contributed by atoms with Crippen LogP contribution in [-0.4, -0.2) is 34.0 Å². The van der Waals surface area contributed by atoms with Crippen LogP contribution in [0.1, 0.15) is 83.1 Å². The maximum absolute atomic E-state index is 2.35. The predicted molar refractivity (Wildman–Crippen MR) is 105 cm³/mol. The van der Waals surface area contributed by atoms with E-state index in [9.17, 15) is 0 Å². The normalized spacial score (nSPS) is 12.0. The van der Waals surface area contributed by atoms with Crippen LogP contribution in [0.3, 0.4) is 0 Å².